The Morgan fingerprint density at radius 2 is 1.62 bits per heavy atom. The van der Waals surface area contributed by atoms with Gasteiger partial charge in [-0.3, -0.25) is 9.69 Å². The molecule has 1 fully saturated rings. The van der Waals surface area contributed by atoms with Crippen LogP contribution in [0.4, 0.5) is 0 Å². The number of piperazine rings is 1. The summed E-state index contributed by atoms with van der Waals surface area (Å²) in [4.78, 5) is 17.3. The van der Waals surface area contributed by atoms with Crippen LogP contribution in [0.15, 0.2) is 48.5 Å². The van der Waals surface area contributed by atoms with Crippen LogP contribution in [-0.2, 0) is 0 Å². The van der Waals surface area contributed by atoms with Gasteiger partial charge in [0.05, 0.1) is 16.6 Å². The first-order chi connectivity index (χ1) is 12.6. The van der Waals surface area contributed by atoms with Gasteiger partial charge in [0.15, 0.2) is 0 Å². The van der Waals surface area contributed by atoms with E-state index >= 15 is 0 Å². The zero-order valence-corrected chi connectivity index (χ0v) is 16.3. The molecule has 0 spiro atoms. The maximum Gasteiger partial charge on any atom is 0.252 e. The van der Waals surface area contributed by atoms with Gasteiger partial charge in [0, 0.05) is 37.7 Å². The van der Waals surface area contributed by atoms with Crippen molar-refractivity contribution >= 4 is 29.1 Å². The van der Waals surface area contributed by atoms with E-state index in [1.165, 1.54) is 0 Å². The van der Waals surface area contributed by atoms with Crippen LogP contribution in [0.1, 0.15) is 22.0 Å². The summed E-state index contributed by atoms with van der Waals surface area (Å²) in [7, 11) is 2.13. The molecule has 1 heterocycles. The Bertz CT molecular complexity index is 760. The summed E-state index contributed by atoms with van der Waals surface area (Å²) in [5, 5.41) is 4.22. The van der Waals surface area contributed by atoms with Crippen LogP contribution in [0.3, 0.4) is 0 Å². The summed E-state index contributed by atoms with van der Waals surface area (Å²) in [5.41, 5.74) is 1.53. The maximum absolute atomic E-state index is 12.6. The van der Waals surface area contributed by atoms with Crippen molar-refractivity contribution in [3.05, 3.63) is 69.7 Å². The Balaban J connectivity index is 1.77. The molecule has 0 saturated carbocycles. The molecule has 1 aliphatic rings. The number of amides is 1. The Kier molecular flexibility index (Phi) is 6.54. The van der Waals surface area contributed by atoms with Crippen LogP contribution < -0.4 is 5.32 Å². The molecular formula is C20H23Cl2N3O. The second-order valence-electron chi connectivity index (χ2n) is 6.57. The summed E-state index contributed by atoms with van der Waals surface area (Å²) in [5.74, 6) is -0.165. The van der Waals surface area contributed by atoms with Gasteiger partial charge in [-0.25, -0.2) is 0 Å². The highest BCUT2D eigenvalue weighted by Crippen LogP contribution is 2.28. The number of nitrogens with zero attached hydrogens (tertiary/aromatic N) is 2. The Morgan fingerprint density at radius 3 is 2.27 bits per heavy atom. The molecule has 4 nitrogen and oxygen atoms in total. The maximum atomic E-state index is 12.6. The predicted molar refractivity (Wildman–Crippen MR) is 107 cm³/mol. The van der Waals surface area contributed by atoms with E-state index in [0.29, 0.717) is 17.1 Å². The quantitative estimate of drug-likeness (QED) is 0.843. The monoisotopic (exact) mass is 391 g/mol. The average Bonchev–Trinajstić information content (AvgIpc) is 2.65. The summed E-state index contributed by atoms with van der Waals surface area (Å²) < 4.78 is 0. The summed E-state index contributed by atoms with van der Waals surface area (Å²) in [6.45, 7) is 4.36. The summed E-state index contributed by atoms with van der Waals surface area (Å²) >= 11 is 12.6. The minimum absolute atomic E-state index is 0.0313. The minimum Gasteiger partial charge on any atom is -0.350 e. The predicted octanol–water partition coefficient (Wildman–Crippen LogP) is 3.71. The van der Waals surface area contributed by atoms with Crippen LogP contribution in [0.2, 0.25) is 10.0 Å². The van der Waals surface area contributed by atoms with Gasteiger partial charge in [-0.15, -0.1) is 0 Å². The SMILES string of the molecule is CN1CCN(C(CNC(=O)c2ccccc2Cl)c2ccccc2Cl)CC1. The highest BCUT2D eigenvalue weighted by atomic mass is 35.5. The molecule has 2 aromatic rings. The molecule has 6 heteroatoms. The first-order valence-corrected chi connectivity index (χ1v) is 9.51. The number of hydrogen-bond donors (Lipinski definition) is 1. The molecule has 1 unspecified atom stereocenters. The Morgan fingerprint density at radius 1 is 1.00 bits per heavy atom. The van der Waals surface area contributed by atoms with E-state index in [0.717, 1.165) is 36.8 Å². The van der Waals surface area contributed by atoms with E-state index in [4.69, 9.17) is 23.2 Å². The van der Waals surface area contributed by atoms with E-state index in [-0.39, 0.29) is 11.9 Å². The molecule has 3 rings (SSSR count). The number of likely N-dealkylation sites (N-methyl/N-ethyl adjacent to an activating group) is 1. The van der Waals surface area contributed by atoms with Crippen molar-refractivity contribution in [2.75, 3.05) is 39.8 Å². The van der Waals surface area contributed by atoms with Crippen molar-refractivity contribution < 1.29 is 4.79 Å². The topological polar surface area (TPSA) is 35.6 Å². The molecule has 1 N–H and O–H groups in total. The van der Waals surface area contributed by atoms with Crippen molar-refractivity contribution in [3.63, 3.8) is 0 Å². The highest BCUT2D eigenvalue weighted by molar-refractivity contribution is 6.33. The number of hydrogen-bond acceptors (Lipinski definition) is 3. The fourth-order valence-electron chi connectivity index (χ4n) is 3.24. The molecule has 26 heavy (non-hydrogen) atoms. The third kappa shape index (κ3) is 4.57. The largest absolute Gasteiger partial charge is 0.350 e. The van der Waals surface area contributed by atoms with Crippen LogP contribution in [0.25, 0.3) is 0 Å². The van der Waals surface area contributed by atoms with Gasteiger partial charge >= 0.3 is 0 Å². The van der Waals surface area contributed by atoms with Crippen molar-refractivity contribution in [2.45, 2.75) is 6.04 Å². The fraction of sp³-hybridized carbons (Fsp3) is 0.350. The summed E-state index contributed by atoms with van der Waals surface area (Å²) in [6, 6.07) is 15.0. The zero-order chi connectivity index (χ0) is 18.5. The first-order valence-electron chi connectivity index (χ1n) is 8.76. The molecule has 1 atom stereocenters. The van der Waals surface area contributed by atoms with E-state index < -0.39 is 0 Å². The molecule has 2 aromatic carbocycles. The van der Waals surface area contributed by atoms with Gasteiger partial charge < -0.3 is 10.2 Å². The Labute approximate surface area is 164 Å². The van der Waals surface area contributed by atoms with Gasteiger partial charge in [0.25, 0.3) is 5.91 Å². The third-order valence-electron chi connectivity index (χ3n) is 4.82. The van der Waals surface area contributed by atoms with Crippen molar-refractivity contribution in [1.82, 2.24) is 15.1 Å². The first kappa shape index (κ1) is 19.2. The van der Waals surface area contributed by atoms with Gasteiger partial charge in [0.2, 0.25) is 0 Å². The third-order valence-corrected chi connectivity index (χ3v) is 5.49. The van der Waals surface area contributed by atoms with Gasteiger partial charge in [-0.1, -0.05) is 53.5 Å². The highest BCUT2D eigenvalue weighted by Gasteiger charge is 2.26. The molecule has 1 saturated heterocycles. The van der Waals surface area contributed by atoms with Crippen molar-refractivity contribution in [2.24, 2.45) is 0 Å². The zero-order valence-electron chi connectivity index (χ0n) is 14.8. The lowest BCUT2D eigenvalue weighted by Gasteiger charge is -2.38. The fourth-order valence-corrected chi connectivity index (χ4v) is 3.73. The van der Waals surface area contributed by atoms with Crippen LogP contribution in [0, 0.1) is 0 Å². The number of rotatable bonds is 5. The normalized spacial score (nSPS) is 17.0. The van der Waals surface area contributed by atoms with Crippen LogP contribution in [-0.4, -0.2) is 55.5 Å². The molecule has 1 amide bonds. The van der Waals surface area contributed by atoms with Crippen molar-refractivity contribution in [3.8, 4) is 0 Å². The standard InChI is InChI=1S/C20H23Cl2N3O/c1-24-10-12-25(13-11-24)19(15-6-2-4-8-17(15)21)14-23-20(26)16-7-3-5-9-18(16)22/h2-9,19H,10-14H2,1H3,(H,23,26). The van der Waals surface area contributed by atoms with Gasteiger partial charge in [-0.05, 0) is 30.8 Å². The second-order valence-corrected chi connectivity index (χ2v) is 7.38. The lowest BCUT2D eigenvalue weighted by atomic mass is 10.0. The van der Waals surface area contributed by atoms with Crippen LogP contribution in [0.5, 0.6) is 0 Å². The average molecular weight is 392 g/mol. The lowest BCUT2D eigenvalue weighted by Crippen LogP contribution is -2.48. The molecule has 138 valence electrons. The van der Waals surface area contributed by atoms with Crippen LogP contribution >= 0.6 is 23.2 Å². The number of benzene rings is 2. The molecule has 0 radical (unpaired) electrons. The minimum atomic E-state index is -0.165. The van der Waals surface area contributed by atoms with Crippen molar-refractivity contribution in [1.29, 1.82) is 0 Å². The smallest absolute Gasteiger partial charge is 0.252 e. The number of nitrogens with one attached hydrogen (secondary N) is 1. The second kappa shape index (κ2) is 8.87. The number of halogens is 2. The molecule has 0 aromatic heterocycles. The number of carbonyl (C=O) groups excluding carboxylic acids is 1. The molecular weight excluding hydrogens is 369 g/mol. The van der Waals surface area contributed by atoms with E-state index in [9.17, 15) is 4.79 Å². The molecule has 0 bridgehead atoms. The van der Waals surface area contributed by atoms with E-state index in [1.807, 2.05) is 36.4 Å². The molecule has 0 aliphatic carbocycles. The van der Waals surface area contributed by atoms with Gasteiger partial charge in [-0.2, -0.15) is 0 Å². The Hall–Kier alpha value is -1.59. The molecule has 1 aliphatic heterocycles. The number of carbonyl (C=O) groups is 1. The lowest BCUT2D eigenvalue weighted by molar-refractivity contribution is 0.0886. The van der Waals surface area contributed by atoms with E-state index in [2.05, 4.69) is 22.2 Å². The summed E-state index contributed by atoms with van der Waals surface area (Å²) in [6.07, 6.45) is 0. The van der Waals surface area contributed by atoms with Gasteiger partial charge in [0.1, 0.15) is 0 Å². The van der Waals surface area contributed by atoms with E-state index in [1.54, 1.807) is 12.1 Å².